The molecule has 0 radical (unpaired) electrons. The summed E-state index contributed by atoms with van der Waals surface area (Å²) in [6, 6.07) is 16.0. The molecule has 6 nitrogen and oxygen atoms in total. The number of carbonyl (C=O) groups is 2. The van der Waals surface area contributed by atoms with Crippen LogP contribution in [0.15, 0.2) is 60.8 Å². The van der Waals surface area contributed by atoms with Crippen LogP contribution >= 0.6 is 11.6 Å². The first-order chi connectivity index (χ1) is 14.0. The highest BCUT2D eigenvalue weighted by Gasteiger charge is 2.07. The molecule has 0 atom stereocenters. The summed E-state index contributed by atoms with van der Waals surface area (Å²) in [6.07, 6.45) is 2.55. The Labute approximate surface area is 174 Å². The summed E-state index contributed by atoms with van der Waals surface area (Å²) < 4.78 is 0. The van der Waals surface area contributed by atoms with Gasteiger partial charge in [0.25, 0.3) is 5.91 Å². The van der Waals surface area contributed by atoms with Gasteiger partial charge in [-0.15, -0.1) is 0 Å². The smallest absolute Gasteiger partial charge is 0.251 e. The number of hydrogen-bond donors (Lipinski definition) is 2. The average Bonchev–Trinajstić information content (AvgIpc) is 2.72. The third kappa shape index (κ3) is 6.12. The lowest BCUT2D eigenvalue weighted by Gasteiger charge is -2.08. The number of carbonyl (C=O) groups excluding carboxylic acids is 2. The van der Waals surface area contributed by atoms with Crippen LogP contribution in [0.3, 0.4) is 0 Å². The van der Waals surface area contributed by atoms with Crippen molar-refractivity contribution in [2.45, 2.75) is 19.8 Å². The molecule has 1 heterocycles. The highest BCUT2D eigenvalue weighted by atomic mass is 35.5. The first-order valence-corrected chi connectivity index (χ1v) is 9.63. The average molecular weight is 409 g/mol. The Bertz CT molecular complexity index is 1010. The summed E-state index contributed by atoms with van der Waals surface area (Å²) in [5.74, 6) is 0.397. The van der Waals surface area contributed by atoms with E-state index >= 15 is 0 Å². The molecule has 1 aromatic heterocycles. The Balaban J connectivity index is 1.47. The largest absolute Gasteiger partial charge is 0.352 e. The summed E-state index contributed by atoms with van der Waals surface area (Å²) in [4.78, 5) is 32.7. The van der Waals surface area contributed by atoms with Crippen LogP contribution in [-0.2, 0) is 4.79 Å². The fourth-order valence-electron chi connectivity index (χ4n) is 2.75. The highest BCUT2D eigenvalue weighted by Crippen LogP contribution is 2.20. The van der Waals surface area contributed by atoms with Crippen molar-refractivity contribution in [1.29, 1.82) is 0 Å². The molecule has 0 aliphatic heterocycles. The number of aromatic nitrogens is 2. The van der Waals surface area contributed by atoms with E-state index in [9.17, 15) is 9.59 Å². The number of amides is 2. The summed E-state index contributed by atoms with van der Waals surface area (Å²) in [6.45, 7) is 2.25. The monoisotopic (exact) mass is 408 g/mol. The first-order valence-electron chi connectivity index (χ1n) is 9.25. The fourth-order valence-corrected chi connectivity index (χ4v) is 2.88. The van der Waals surface area contributed by atoms with Crippen LogP contribution in [0.25, 0.3) is 11.3 Å². The van der Waals surface area contributed by atoms with Gasteiger partial charge in [-0.2, -0.15) is 0 Å². The lowest BCUT2D eigenvalue weighted by molar-refractivity contribution is -0.116. The molecule has 7 heteroatoms. The van der Waals surface area contributed by atoms with Gasteiger partial charge >= 0.3 is 0 Å². The van der Waals surface area contributed by atoms with E-state index in [-0.39, 0.29) is 11.8 Å². The van der Waals surface area contributed by atoms with E-state index in [0.717, 1.165) is 11.3 Å². The van der Waals surface area contributed by atoms with E-state index in [1.807, 2.05) is 37.3 Å². The van der Waals surface area contributed by atoms with Crippen LogP contribution in [0.5, 0.6) is 0 Å². The number of benzene rings is 2. The minimum atomic E-state index is -0.185. The van der Waals surface area contributed by atoms with Gasteiger partial charge in [-0.25, -0.2) is 9.97 Å². The Kier molecular flexibility index (Phi) is 6.92. The molecule has 148 valence electrons. The van der Waals surface area contributed by atoms with Gasteiger partial charge < -0.3 is 10.6 Å². The number of anilines is 1. The van der Waals surface area contributed by atoms with E-state index in [2.05, 4.69) is 20.6 Å². The van der Waals surface area contributed by atoms with Crippen LogP contribution in [0.1, 0.15) is 29.0 Å². The van der Waals surface area contributed by atoms with Crippen LogP contribution in [-0.4, -0.2) is 28.3 Å². The summed E-state index contributed by atoms with van der Waals surface area (Å²) >= 11 is 5.81. The van der Waals surface area contributed by atoms with Crippen molar-refractivity contribution in [2.24, 2.45) is 0 Å². The number of rotatable bonds is 7. The molecule has 0 saturated heterocycles. The Hall–Kier alpha value is -3.25. The van der Waals surface area contributed by atoms with E-state index in [0.29, 0.717) is 41.5 Å². The number of halogens is 1. The maximum atomic E-state index is 12.2. The van der Waals surface area contributed by atoms with Gasteiger partial charge in [0.1, 0.15) is 5.82 Å². The molecule has 29 heavy (non-hydrogen) atoms. The standard InChI is InChI=1S/C22H21ClN4O2/c1-15-24-13-11-20(26-15)17-4-2-5-19(14-17)27-21(28)6-3-12-25-22(29)16-7-9-18(23)10-8-16/h2,4-5,7-11,13-14H,3,6,12H2,1H3,(H,25,29)(H,27,28). The van der Waals surface area contributed by atoms with Crippen LogP contribution in [0, 0.1) is 6.92 Å². The topological polar surface area (TPSA) is 84.0 Å². The maximum Gasteiger partial charge on any atom is 0.251 e. The van der Waals surface area contributed by atoms with Crippen LogP contribution in [0.2, 0.25) is 5.02 Å². The molecular weight excluding hydrogens is 388 g/mol. The third-order valence-electron chi connectivity index (χ3n) is 4.19. The maximum absolute atomic E-state index is 12.2. The second-order valence-corrected chi connectivity index (χ2v) is 6.92. The van der Waals surface area contributed by atoms with Crippen molar-refractivity contribution in [3.63, 3.8) is 0 Å². The van der Waals surface area contributed by atoms with Gasteiger partial charge in [0.2, 0.25) is 5.91 Å². The Morgan fingerprint density at radius 2 is 1.86 bits per heavy atom. The summed E-state index contributed by atoms with van der Waals surface area (Å²) in [5, 5.41) is 6.26. The van der Waals surface area contributed by atoms with Crippen molar-refractivity contribution in [1.82, 2.24) is 15.3 Å². The van der Waals surface area contributed by atoms with Crippen molar-refractivity contribution < 1.29 is 9.59 Å². The van der Waals surface area contributed by atoms with E-state index in [1.54, 1.807) is 30.5 Å². The second-order valence-electron chi connectivity index (χ2n) is 6.48. The summed E-state index contributed by atoms with van der Waals surface area (Å²) in [7, 11) is 0. The number of aryl methyl sites for hydroxylation is 1. The number of hydrogen-bond acceptors (Lipinski definition) is 4. The molecular formula is C22H21ClN4O2. The Morgan fingerprint density at radius 3 is 2.62 bits per heavy atom. The zero-order valence-corrected chi connectivity index (χ0v) is 16.7. The first kappa shape index (κ1) is 20.5. The molecule has 2 aromatic carbocycles. The molecule has 0 aliphatic carbocycles. The third-order valence-corrected chi connectivity index (χ3v) is 4.44. The molecule has 3 aromatic rings. The number of nitrogens with one attached hydrogen (secondary N) is 2. The zero-order chi connectivity index (χ0) is 20.6. The van der Waals surface area contributed by atoms with Gasteiger partial charge in [0.05, 0.1) is 5.69 Å². The van der Waals surface area contributed by atoms with Gasteiger partial charge in [0.15, 0.2) is 0 Å². The number of nitrogens with zero attached hydrogens (tertiary/aromatic N) is 2. The van der Waals surface area contributed by atoms with E-state index in [4.69, 9.17) is 11.6 Å². The van der Waals surface area contributed by atoms with Crippen molar-refractivity contribution in [3.8, 4) is 11.3 Å². The quantitative estimate of drug-likeness (QED) is 0.572. The minimum Gasteiger partial charge on any atom is -0.352 e. The van der Waals surface area contributed by atoms with Gasteiger partial charge in [-0.05, 0) is 55.8 Å². The molecule has 0 fully saturated rings. The van der Waals surface area contributed by atoms with Gasteiger partial charge in [-0.1, -0.05) is 23.7 Å². The lowest BCUT2D eigenvalue weighted by atomic mass is 10.1. The lowest BCUT2D eigenvalue weighted by Crippen LogP contribution is -2.25. The zero-order valence-electron chi connectivity index (χ0n) is 16.0. The predicted molar refractivity (Wildman–Crippen MR) is 114 cm³/mol. The van der Waals surface area contributed by atoms with Crippen LogP contribution < -0.4 is 10.6 Å². The SMILES string of the molecule is Cc1nccc(-c2cccc(NC(=O)CCCNC(=O)c3ccc(Cl)cc3)c2)n1. The molecule has 0 bridgehead atoms. The molecule has 3 rings (SSSR count). The van der Waals surface area contributed by atoms with Gasteiger partial charge in [0, 0.05) is 41.0 Å². The van der Waals surface area contributed by atoms with E-state index < -0.39 is 0 Å². The predicted octanol–water partition coefficient (Wildman–Crippen LogP) is 4.25. The molecule has 0 saturated carbocycles. The Morgan fingerprint density at radius 1 is 1.07 bits per heavy atom. The molecule has 0 spiro atoms. The second kappa shape index (κ2) is 9.80. The molecule has 2 amide bonds. The minimum absolute atomic E-state index is 0.109. The van der Waals surface area contributed by atoms with E-state index in [1.165, 1.54) is 0 Å². The normalized spacial score (nSPS) is 10.4. The van der Waals surface area contributed by atoms with Crippen molar-refractivity contribution in [2.75, 3.05) is 11.9 Å². The summed E-state index contributed by atoms with van der Waals surface area (Å²) in [5.41, 5.74) is 2.95. The molecule has 0 unspecified atom stereocenters. The van der Waals surface area contributed by atoms with Crippen molar-refractivity contribution >= 4 is 29.1 Å². The van der Waals surface area contributed by atoms with Crippen LogP contribution in [0.4, 0.5) is 5.69 Å². The highest BCUT2D eigenvalue weighted by molar-refractivity contribution is 6.30. The molecule has 0 aliphatic rings. The molecule has 2 N–H and O–H groups in total. The van der Waals surface area contributed by atoms with Crippen molar-refractivity contribution in [3.05, 3.63) is 77.2 Å². The fraction of sp³-hybridized carbons (Fsp3) is 0.182. The van der Waals surface area contributed by atoms with Gasteiger partial charge in [-0.3, -0.25) is 9.59 Å².